The molecule has 0 aliphatic carbocycles. The fourth-order valence-electron chi connectivity index (χ4n) is 1.82. The summed E-state index contributed by atoms with van der Waals surface area (Å²) in [6, 6.07) is 3.92. The Kier molecular flexibility index (Phi) is 2.57. The highest BCUT2D eigenvalue weighted by Gasteiger charge is 2.16. The first-order chi connectivity index (χ1) is 6.75. The fraction of sp³-hybridized carbons (Fsp3) is 0.545. The van der Waals surface area contributed by atoms with Crippen molar-refractivity contribution in [2.75, 3.05) is 23.7 Å². The van der Waals surface area contributed by atoms with Crippen LogP contribution in [0.25, 0.3) is 0 Å². The molecule has 0 radical (unpaired) electrons. The Morgan fingerprint density at radius 2 is 2.07 bits per heavy atom. The SMILES string of the molecule is CC1CCN(c2ccc(N)cn2)CC1. The number of pyridine rings is 1. The molecule has 2 heterocycles. The van der Waals surface area contributed by atoms with Gasteiger partial charge >= 0.3 is 0 Å². The van der Waals surface area contributed by atoms with Gasteiger partial charge in [0.2, 0.25) is 0 Å². The largest absolute Gasteiger partial charge is 0.397 e. The van der Waals surface area contributed by atoms with Crippen LogP contribution in [0.15, 0.2) is 18.3 Å². The lowest BCUT2D eigenvalue weighted by Crippen LogP contribution is -2.33. The van der Waals surface area contributed by atoms with Crippen LogP contribution in [0.1, 0.15) is 19.8 Å². The summed E-state index contributed by atoms with van der Waals surface area (Å²) in [5.41, 5.74) is 6.33. The van der Waals surface area contributed by atoms with Gasteiger partial charge in [0.1, 0.15) is 5.82 Å². The van der Waals surface area contributed by atoms with Gasteiger partial charge in [0, 0.05) is 13.1 Å². The molecular formula is C11H17N3. The van der Waals surface area contributed by atoms with Gasteiger partial charge in [-0.05, 0) is 30.9 Å². The van der Waals surface area contributed by atoms with Crippen LogP contribution in [0.3, 0.4) is 0 Å². The minimum Gasteiger partial charge on any atom is -0.397 e. The number of aromatic nitrogens is 1. The number of hydrogen-bond acceptors (Lipinski definition) is 3. The Balaban J connectivity index is 2.05. The third-order valence-corrected chi connectivity index (χ3v) is 2.88. The van der Waals surface area contributed by atoms with Crippen LogP contribution in [0.4, 0.5) is 11.5 Å². The lowest BCUT2D eigenvalue weighted by atomic mass is 9.99. The van der Waals surface area contributed by atoms with Crippen LogP contribution in [-0.2, 0) is 0 Å². The molecule has 1 aromatic rings. The second kappa shape index (κ2) is 3.86. The second-order valence-electron chi connectivity index (χ2n) is 4.12. The van der Waals surface area contributed by atoms with E-state index in [1.165, 1.54) is 12.8 Å². The molecule has 0 saturated carbocycles. The lowest BCUT2D eigenvalue weighted by Gasteiger charge is -2.31. The summed E-state index contributed by atoms with van der Waals surface area (Å²) in [7, 11) is 0. The monoisotopic (exact) mass is 191 g/mol. The molecule has 0 atom stereocenters. The number of nitrogens with zero attached hydrogens (tertiary/aromatic N) is 2. The molecule has 1 saturated heterocycles. The Bertz CT molecular complexity index is 286. The summed E-state index contributed by atoms with van der Waals surface area (Å²) in [5, 5.41) is 0. The standard InChI is InChI=1S/C11H17N3/c1-9-4-6-14(7-5-9)11-3-2-10(12)8-13-11/h2-3,8-9H,4-7,12H2,1H3. The van der Waals surface area contributed by atoms with Crippen LogP contribution in [0, 0.1) is 5.92 Å². The molecule has 0 unspecified atom stereocenters. The Morgan fingerprint density at radius 1 is 1.36 bits per heavy atom. The van der Waals surface area contributed by atoms with Crippen LogP contribution in [0.5, 0.6) is 0 Å². The molecule has 1 aliphatic heterocycles. The molecule has 3 heteroatoms. The van der Waals surface area contributed by atoms with E-state index in [1.54, 1.807) is 6.20 Å². The van der Waals surface area contributed by atoms with Crippen molar-refractivity contribution in [2.45, 2.75) is 19.8 Å². The molecule has 0 amide bonds. The van der Waals surface area contributed by atoms with Crippen molar-refractivity contribution in [1.29, 1.82) is 0 Å². The van der Waals surface area contributed by atoms with Crippen molar-refractivity contribution in [2.24, 2.45) is 5.92 Å². The summed E-state index contributed by atoms with van der Waals surface area (Å²) >= 11 is 0. The van der Waals surface area contributed by atoms with E-state index in [4.69, 9.17) is 5.73 Å². The Hall–Kier alpha value is -1.25. The van der Waals surface area contributed by atoms with E-state index in [9.17, 15) is 0 Å². The maximum Gasteiger partial charge on any atom is 0.128 e. The average molecular weight is 191 g/mol. The molecule has 1 aromatic heterocycles. The molecule has 2 rings (SSSR count). The van der Waals surface area contributed by atoms with Crippen molar-refractivity contribution in [3.8, 4) is 0 Å². The number of piperidine rings is 1. The molecular weight excluding hydrogens is 174 g/mol. The van der Waals surface area contributed by atoms with E-state index >= 15 is 0 Å². The van der Waals surface area contributed by atoms with Gasteiger partial charge in [-0.3, -0.25) is 0 Å². The van der Waals surface area contributed by atoms with Gasteiger partial charge in [-0.15, -0.1) is 0 Å². The smallest absolute Gasteiger partial charge is 0.128 e. The van der Waals surface area contributed by atoms with E-state index in [0.29, 0.717) is 0 Å². The van der Waals surface area contributed by atoms with Crippen molar-refractivity contribution in [3.63, 3.8) is 0 Å². The zero-order valence-corrected chi connectivity index (χ0v) is 8.61. The highest BCUT2D eigenvalue weighted by molar-refractivity contribution is 5.45. The van der Waals surface area contributed by atoms with Crippen LogP contribution < -0.4 is 10.6 Å². The van der Waals surface area contributed by atoms with E-state index in [2.05, 4.69) is 16.8 Å². The van der Waals surface area contributed by atoms with Gasteiger partial charge in [0.25, 0.3) is 0 Å². The molecule has 1 fully saturated rings. The van der Waals surface area contributed by atoms with Crippen molar-refractivity contribution in [1.82, 2.24) is 4.98 Å². The number of hydrogen-bond donors (Lipinski definition) is 1. The predicted molar refractivity (Wildman–Crippen MR) is 59.3 cm³/mol. The van der Waals surface area contributed by atoms with Crippen LogP contribution in [-0.4, -0.2) is 18.1 Å². The molecule has 76 valence electrons. The summed E-state index contributed by atoms with van der Waals surface area (Å²) in [5.74, 6) is 1.92. The van der Waals surface area contributed by atoms with Gasteiger partial charge in [0.15, 0.2) is 0 Å². The second-order valence-corrected chi connectivity index (χ2v) is 4.12. The topological polar surface area (TPSA) is 42.1 Å². The van der Waals surface area contributed by atoms with Crippen molar-refractivity contribution in [3.05, 3.63) is 18.3 Å². The molecule has 14 heavy (non-hydrogen) atoms. The maximum absolute atomic E-state index is 5.60. The van der Waals surface area contributed by atoms with E-state index in [-0.39, 0.29) is 0 Å². The van der Waals surface area contributed by atoms with Gasteiger partial charge in [-0.25, -0.2) is 4.98 Å². The van der Waals surface area contributed by atoms with Gasteiger partial charge < -0.3 is 10.6 Å². The van der Waals surface area contributed by atoms with E-state index in [1.807, 2.05) is 12.1 Å². The molecule has 0 spiro atoms. The van der Waals surface area contributed by atoms with Crippen molar-refractivity contribution >= 4 is 11.5 Å². The normalized spacial score (nSPS) is 18.5. The molecule has 1 aliphatic rings. The maximum atomic E-state index is 5.60. The third-order valence-electron chi connectivity index (χ3n) is 2.88. The number of nitrogens with two attached hydrogens (primary N) is 1. The first-order valence-electron chi connectivity index (χ1n) is 5.22. The molecule has 0 bridgehead atoms. The minimum absolute atomic E-state index is 0.735. The van der Waals surface area contributed by atoms with Crippen LogP contribution >= 0.6 is 0 Å². The minimum atomic E-state index is 0.735. The van der Waals surface area contributed by atoms with Gasteiger partial charge in [-0.1, -0.05) is 6.92 Å². The summed E-state index contributed by atoms with van der Waals surface area (Å²) < 4.78 is 0. The highest BCUT2D eigenvalue weighted by atomic mass is 15.2. The number of nitrogen functional groups attached to an aromatic ring is 1. The molecule has 2 N–H and O–H groups in total. The van der Waals surface area contributed by atoms with Crippen LogP contribution in [0.2, 0.25) is 0 Å². The zero-order chi connectivity index (χ0) is 9.97. The highest BCUT2D eigenvalue weighted by Crippen LogP contribution is 2.21. The predicted octanol–water partition coefficient (Wildman–Crippen LogP) is 1.90. The quantitative estimate of drug-likeness (QED) is 0.737. The Labute approximate surface area is 84.9 Å². The van der Waals surface area contributed by atoms with Gasteiger partial charge in [0.05, 0.1) is 11.9 Å². The summed E-state index contributed by atoms with van der Waals surface area (Å²) in [6.07, 6.45) is 4.27. The number of anilines is 2. The lowest BCUT2D eigenvalue weighted by molar-refractivity contribution is 0.436. The zero-order valence-electron chi connectivity index (χ0n) is 8.61. The number of rotatable bonds is 1. The Morgan fingerprint density at radius 3 is 2.64 bits per heavy atom. The van der Waals surface area contributed by atoms with Gasteiger partial charge in [-0.2, -0.15) is 0 Å². The summed E-state index contributed by atoms with van der Waals surface area (Å²) in [4.78, 5) is 6.66. The summed E-state index contributed by atoms with van der Waals surface area (Å²) in [6.45, 7) is 4.56. The van der Waals surface area contributed by atoms with E-state index in [0.717, 1.165) is 30.5 Å². The van der Waals surface area contributed by atoms with Crippen molar-refractivity contribution < 1.29 is 0 Å². The van der Waals surface area contributed by atoms with E-state index < -0.39 is 0 Å². The first-order valence-corrected chi connectivity index (χ1v) is 5.22. The molecule has 3 nitrogen and oxygen atoms in total. The average Bonchev–Trinajstić information content (AvgIpc) is 2.21. The molecule has 0 aromatic carbocycles. The fourth-order valence-corrected chi connectivity index (χ4v) is 1.82. The third kappa shape index (κ3) is 1.97. The first kappa shape index (κ1) is 9.31.